The molecule has 132 valence electrons. The van der Waals surface area contributed by atoms with Crippen LogP contribution in [0, 0.1) is 0 Å². The maximum Gasteiger partial charge on any atom is 0.251 e. The molecule has 1 N–H and O–H groups in total. The monoisotopic (exact) mass is 336 g/mol. The molecule has 3 nitrogen and oxygen atoms in total. The summed E-state index contributed by atoms with van der Waals surface area (Å²) in [6.45, 7) is 5.33. The molecule has 0 aromatic heterocycles. The van der Waals surface area contributed by atoms with Gasteiger partial charge >= 0.3 is 0 Å². The molecule has 0 unspecified atom stereocenters. The van der Waals surface area contributed by atoms with Gasteiger partial charge in [0.1, 0.15) is 0 Å². The van der Waals surface area contributed by atoms with Crippen LogP contribution < -0.4 is 5.32 Å². The minimum atomic E-state index is 0.0197. The van der Waals surface area contributed by atoms with Gasteiger partial charge in [0.05, 0.1) is 0 Å². The Hall–Kier alpha value is -2.13. The standard InChI is InChI=1S/C22H28N2O/c1-18-8-5-6-16-24(18)17-7-15-23-22(25)21-13-11-20(12-14-21)19-9-3-2-4-10-19/h2-4,9-14,18H,5-8,15-17H2,1H3,(H,23,25)/t18-/m0/s1. The van der Waals surface area contributed by atoms with Crippen LogP contribution in [0.1, 0.15) is 43.0 Å². The Labute approximate surface area is 151 Å². The Bertz CT molecular complexity index is 666. The number of hydrogen-bond donors (Lipinski definition) is 1. The minimum Gasteiger partial charge on any atom is -0.352 e. The molecule has 25 heavy (non-hydrogen) atoms. The molecule has 0 bridgehead atoms. The summed E-state index contributed by atoms with van der Waals surface area (Å²) < 4.78 is 0. The molecular weight excluding hydrogens is 308 g/mol. The van der Waals surface area contributed by atoms with Gasteiger partial charge in [0.2, 0.25) is 0 Å². The number of nitrogens with zero attached hydrogens (tertiary/aromatic N) is 1. The predicted octanol–water partition coefficient (Wildman–Crippen LogP) is 4.35. The summed E-state index contributed by atoms with van der Waals surface area (Å²) in [7, 11) is 0. The first-order valence-electron chi connectivity index (χ1n) is 9.42. The van der Waals surface area contributed by atoms with Crippen LogP contribution in [0.4, 0.5) is 0 Å². The maximum absolute atomic E-state index is 12.3. The van der Waals surface area contributed by atoms with E-state index in [4.69, 9.17) is 0 Å². The van der Waals surface area contributed by atoms with Crippen molar-refractivity contribution >= 4 is 5.91 Å². The van der Waals surface area contributed by atoms with Crippen molar-refractivity contribution in [3.8, 4) is 11.1 Å². The first kappa shape index (κ1) is 17.7. The second kappa shape index (κ2) is 8.82. The Morgan fingerprint density at radius 1 is 1.04 bits per heavy atom. The lowest BCUT2D eigenvalue weighted by Gasteiger charge is -2.33. The third-order valence-electron chi connectivity index (χ3n) is 5.10. The summed E-state index contributed by atoms with van der Waals surface area (Å²) in [5.41, 5.74) is 3.03. The number of likely N-dealkylation sites (tertiary alicyclic amines) is 1. The number of rotatable bonds is 6. The largest absolute Gasteiger partial charge is 0.352 e. The average molecular weight is 336 g/mol. The number of amides is 1. The fraction of sp³-hybridized carbons (Fsp3) is 0.409. The second-order valence-electron chi connectivity index (χ2n) is 6.93. The van der Waals surface area contributed by atoms with Gasteiger partial charge in [0.15, 0.2) is 0 Å². The van der Waals surface area contributed by atoms with Gasteiger partial charge in [0.25, 0.3) is 5.91 Å². The number of hydrogen-bond acceptors (Lipinski definition) is 2. The van der Waals surface area contributed by atoms with Gasteiger partial charge in [-0.25, -0.2) is 0 Å². The highest BCUT2D eigenvalue weighted by Crippen LogP contribution is 2.19. The smallest absolute Gasteiger partial charge is 0.251 e. The highest BCUT2D eigenvalue weighted by atomic mass is 16.1. The van der Waals surface area contributed by atoms with Crippen LogP contribution in [-0.2, 0) is 0 Å². The zero-order valence-corrected chi connectivity index (χ0v) is 15.1. The van der Waals surface area contributed by atoms with Crippen molar-refractivity contribution in [2.75, 3.05) is 19.6 Å². The lowest BCUT2D eigenvalue weighted by atomic mass is 10.0. The zero-order chi connectivity index (χ0) is 17.5. The van der Waals surface area contributed by atoms with Crippen molar-refractivity contribution in [3.05, 3.63) is 60.2 Å². The van der Waals surface area contributed by atoms with Gasteiger partial charge in [0, 0.05) is 24.7 Å². The third kappa shape index (κ3) is 4.93. The van der Waals surface area contributed by atoms with E-state index in [0.717, 1.165) is 30.6 Å². The van der Waals surface area contributed by atoms with E-state index in [1.807, 2.05) is 42.5 Å². The number of nitrogens with one attached hydrogen (secondary N) is 1. The van der Waals surface area contributed by atoms with Gasteiger partial charge in [-0.2, -0.15) is 0 Å². The molecule has 0 aliphatic carbocycles. The van der Waals surface area contributed by atoms with E-state index < -0.39 is 0 Å². The highest BCUT2D eigenvalue weighted by Gasteiger charge is 2.17. The van der Waals surface area contributed by atoms with Crippen LogP contribution in [0.2, 0.25) is 0 Å². The van der Waals surface area contributed by atoms with Gasteiger partial charge in [-0.1, -0.05) is 48.9 Å². The van der Waals surface area contributed by atoms with Crippen molar-refractivity contribution in [2.45, 2.75) is 38.6 Å². The van der Waals surface area contributed by atoms with Gasteiger partial charge in [-0.05, 0) is 56.0 Å². The zero-order valence-electron chi connectivity index (χ0n) is 15.1. The number of piperidine rings is 1. The molecule has 2 aromatic rings. The number of carbonyl (C=O) groups excluding carboxylic acids is 1. The molecule has 3 rings (SSSR count). The normalized spacial score (nSPS) is 18.0. The van der Waals surface area contributed by atoms with Crippen LogP contribution >= 0.6 is 0 Å². The van der Waals surface area contributed by atoms with E-state index in [9.17, 15) is 4.79 Å². The lowest BCUT2D eigenvalue weighted by molar-refractivity contribution is 0.0949. The van der Waals surface area contributed by atoms with Gasteiger partial charge in [-0.15, -0.1) is 0 Å². The summed E-state index contributed by atoms with van der Waals surface area (Å²) in [4.78, 5) is 14.8. The fourth-order valence-corrected chi connectivity index (χ4v) is 3.52. The Balaban J connectivity index is 1.45. The quantitative estimate of drug-likeness (QED) is 0.796. The molecule has 0 saturated carbocycles. The Morgan fingerprint density at radius 2 is 1.76 bits per heavy atom. The third-order valence-corrected chi connectivity index (χ3v) is 5.10. The van der Waals surface area contributed by atoms with Gasteiger partial charge < -0.3 is 10.2 Å². The average Bonchev–Trinajstić information content (AvgIpc) is 2.67. The van der Waals surface area contributed by atoms with Gasteiger partial charge in [-0.3, -0.25) is 4.79 Å². The molecule has 1 saturated heterocycles. The van der Waals surface area contributed by atoms with E-state index in [0.29, 0.717) is 6.04 Å². The summed E-state index contributed by atoms with van der Waals surface area (Å²) in [5.74, 6) is 0.0197. The Morgan fingerprint density at radius 3 is 2.48 bits per heavy atom. The van der Waals surface area contributed by atoms with E-state index >= 15 is 0 Å². The van der Waals surface area contributed by atoms with Crippen LogP contribution in [0.5, 0.6) is 0 Å². The van der Waals surface area contributed by atoms with E-state index in [2.05, 4.69) is 29.3 Å². The van der Waals surface area contributed by atoms with Crippen LogP contribution in [0.15, 0.2) is 54.6 Å². The maximum atomic E-state index is 12.3. The minimum absolute atomic E-state index is 0.0197. The first-order chi connectivity index (χ1) is 12.2. The summed E-state index contributed by atoms with van der Waals surface area (Å²) in [5, 5.41) is 3.05. The molecule has 0 spiro atoms. The number of benzene rings is 2. The van der Waals surface area contributed by atoms with Crippen molar-refractivity contribution in [3.63, 3.8) is 0 Å². The molecule has 2 aromatic carbocycles. The molecule has 1 fully saturated rings. The van der Waals surface area contributed by atoms with Crippen LogP contribution in [0.25, 0.3) is 11.1 Å². The SMILES string of the molecule is C[C@H]1CCCCN1CCCNC(=O)c1ccc(-c2ccccc2)cc1. The first-order valence-corrected chi connectivity index (χ1v) is 9.42. The van der Waals surface area contributed by atoms with E-state index in [1.54, 1.807) is 0 Å². The molecule has 1 atom stereocenters. The van der Waals surface area contributed by atoms with E-state index in [-0.39, 0.29) is 5.91 Å². The van der Waals surface area contributed by atoms with Crippen molar-refractivity contribution in [1.29, 1.82) is 0 Å². The molecule has 0 radical (unpaired) electrons. The summed E-state index contributed by atoms with van der Waals surface area (Å²) in [6, 6.07) is 18.8. The summed E-state index contributed by atoms with van der Waals surface area (Å²) in [6.07, 6.45) is 4.98. The van der Waals surface area contributed by atoms with Crippen molar-refractivity contribution in [1.82, 2.24) is 10.2 Å². The molecule has 1 heterocycles. The van der Waals surface area contributed by atoms with Crippen LogP contribution in [-0.4, -0.2) is 36.5 Å². The van der Waals surface area contributed by atoms with Crippen LogP contribution in [0.3, 0.4) is 0 Å². The highest BCUT2D eigenvalue weighted by molar-refractivity contribution is 5.94. The number of carbonyl (C=O) groups is 1. The molecule has 1 amide bonds. The topological polar surface area (TPSA) is 32.3 Å². The predicted molar refractivity (Wildman–Crippen MR) is 104 cm³/mol. The molecule has 3 heteroatoms. The summed E-state index contributed by atoms with van der Waals surface area (Å²) >= 11 is 0. The molecular formula is C22H28N2O. The van der Waals surface area contributed by atoms with E-state index in [1.165, 1.54) is 31.4 Å². The lowest BCUT2D eigenvalue weighted by Crippen LogP contribution is -2.39. The fourth-order valence-electron chi connectivity index (χ4n) is 3.52. The van der Waals surface area contributed by atoms with Crippen molar-refractivity contribution in [2.24, 2.45) is 0 Å². The Kier molecular flexibility index (Phi) is 6.24. The molecule has 1 aliphatic heterocycles. The van der Waals surface area contributed by atoms with Crippen molar-refractivity contribution < 1.29 is 4.79 Å². The second-order valence-corrected chi connectivity index (χ2v) is 6.93. The molecule has 1 aliphatic rings.